The smallest absolute Gasteiger partial charge is 0.221 e. The maximum Gasteiger partial charge on any atom is 0.221 e. The molecule has 0 spiro atoms. The summed E-state index contributed by atoms with van der Waals surface area (Å²) in [5, 5.41) is 1.90. The molecule has 30 heavy (non-hydrogen) atoms. The first kappa shape index (κ1) is 17.8. The number of oxazole rings is 1. The standard InChI is InChI=1S/C25H19NO3S/c27-23-17-10-15-8-4-5-9-16(15)11-18(17)24(28)19(23)12-22-26-25-20(29-22)13-21(30-25)14-6-2-1-3-7-14/h4-5,8-14H,1-3,6-7H2. The van der Waals surface area contributed by atoms with Crippen molar-refractivity contribution in [3.8, 4) is 0 Å². The molecule has 0 unspecified atom stereocenters. The largest absolute Gasteiger partial charge is 0.436 e. The Kier molecular flexibility index (Phi) is 4.00. The molecule has 0 saturated heterocycles. The number of rotatable bonds is 2. The maximum absolute atomic E-state index is 12.9. The van der Waals surface area contributed by atoms with E-state index in [1.54, 1.807) is 23.5 Å². The lowest BCUT2D eigenvalue weighted by Gasteiger charge is -2.19. The first-order chi connectivity index (χ1) is 14.7. The molecule has 0 atom stereocenters. The van der Waals surface area contributed by atoms with Gasteiger partial charge in [0, 0.05) is 22.1 Å². The molecule has 148 valence electrons. The molecule has 1 fully saturated rings. The number of carbonyl (C=O) groups is 2. The molecule has 2 aromatic carbocycles. The molecule has 5 heteroatoms. The summed E-state index contributed by atoms with van der Waals surface area (Å²) in [6, 6.07) is 13.4. The number of thiophene rings is 1. The molecule has 0 N–H and O–H groups in total. The predicted molar refractivity (Wildman–Crippen MR) is 118 cm³/mol. The number of fused-ring (bicyclic) bond motifs is 3. The van der Waals surface area contributed by atoms with Gasteiger partial charge < -0.3 is 4.42 Å². The lowest BCUT2D eigenvalue weighted by atomic mass is 9.88. The summed E-state index contributed by atoms with van der Waals surface area (Å²) in [7, 11) is 0. The van der Waals surface area contributed by atoms with E-state index in [9.17, 15) is 9.59 Å². The zero-order valence-corrected chi connectivity index (χ0v) is 17.1. The molecule has 1 saturated carbocycles. The van der Waals surface area contributed by atoms with E-state index in [2.05, 4.69) is 11.1 Å². The van der Waals surface area contributed by atoms with Gasteiger partial charge in [-0.2, -0.15) is 4.98 Å². The molecule has 0 radical (unpaired) electrons. The number of aromatic nitrogens is 1. The molecule has 0 aliphatic heterocycles. The third-order valence-electron chi connectivity index (χ3n) is 6.26. The number of carbonyl (C=O) groups excluding carboxylic acids is 2. The summed E-state index contributed by atoms with van der Waals surface area (Å²) in [5.74, 6) is 0.410. The molecule has 0 bridgehead atoms. The van der Waals surface area contributed by atoms with Crippen LogP contribution in [0.15, 0.2) is 52.5 Å². The van der Waals surface area contributed by atoms with Crippen molar-refractivity contribution in [1.82, 2.24) is 4.98 Å². The summed E-state index contributed by atoms with van der Waals surface area (Å²) < 4.78 is 5.89. The summed E-state index contributed by atoms with van der Waals surface area (Å²) in [6.07, 6.45) is 7.87. The fourth-order valence-corrected chi connectivity index (χ4v) is 5.81. The highest BCUT2D eigenvalue weighted by Gasteiger charge is 2.34. The predicted octanol–water partition coefficient (Wildman–Crippen LogP) is 6.55. The average molecular weight is 413 g/mol. The Morgan fingerprint density at radius 3 is 2.23 bits per heavy atom. The van der Waals surface area contributed by atoms with Crippen molar-refractivity contribution in [2.75, 3.05) is 0 Å². The van der Waals surface area contributed by atoms with E-state index in [4.69, 9.17) is 4.42 Å². The van der Waals surface area contributed by atoms with E-state index in [1.165, 1.54) is 43.1 Å². The first-order valence-electron chi connectivity index (χ1n) is 10.4. The van der Waals surface area contributed by atoms with Crippen LogP contribution in [-0.4, -0.2) is 16.6 Å². The van der Waals surface area contributed by atoms with E-state index in [1.807, 2.05) is 24.3 Å². The first-order valence-corrected chi connectivity index (χ1v) is 11.2. The number of allylic oxidation sites excluding steroid dienone is 1. The number of hydrogen-bond donors (Lipinski definition) is 0. The van der Waals surface area contributed by atoms with Crippen LogP contribution < -0.4 is 0 Å². The van der Waals surface area contributed by atoms with Crippen molar-refractivity contribution in [1.29, 1.82) is 0 Å². The van der Waals surface area contributed by atoms with Gasteiger partial charge in [0.25, 0.3) is 0 Å². The second kappa shape index (κ2) is 6.74. The highest BCUT2D eigenvalue weighted by molar-refractivity contribution is 7.18. The third kappa shape index (κ3) is 2.76. The van der Waals surface area contributed by atoms with Gasteiger partial charge in [0.15, 0.2) is 22.0 Å². The minimum absolute atomic E-state index is 0.127. The van der Waals surface area contributed by atoms with Gasteiger partial charge in [-0.05, 0) is 47.7 Å². The molecule has 2 heterocycles. The van der Waals surface area contributed by atoms with E-state index >= 15 is 0 Å². The Hall–Kier alpha value is -3.05. The molecule has 2 aliphatic rings. The normalized spacial score (nSPS) is 17.3. The van der Waals surface area contributed by atoms with Crippen LogP contribution in [0, 0.1) is 0 Å². The van der Waals surface area contributed by atoms with E-state index < -0.39 is 0 Å². The minimum atomic E-state index is -0.259. The monoisotopic (exact) mass is 413 g/mol. The van der Waals surface area contributed by atoms with Crippen molar-refractivity contribution < 1.29 is 14.0 Å². The second-order valence-corrected chi connectivity index (χ2v) is 9.23. The van der Waals surface area contributed by atoms with Crippen LogP contribution >= 0.6 is 11.3 Å². The Morgan fingerprint density at radius 2 is 1.60 bits per heavy atom. The van der Waals surface area contributed by atoms with Gasteiger partial charge in [0.1, 0.15) is 0 Å². The number of ketones is 2. The van der Waals surface area contributed by atoms with Crippen LogP contribution in [0.2, 0.25) is 0 Å². The van der Waals surface area contributed by atoms with Crippen LogP contribution in [0.4, 0.5) is 0 Å². The molecule has 0 amide bonds. The Balaban J connectivity index is 1.35. The van der Waals surface area contributed by atoms with Gasteiger partial charge >= 0.3 is 0 Å². The lowest BCUT2D eigenvalue weighted by molar-refractivity contribution is 0.0990. The highest BCUT2D eigenvalue weighted by Crippen LogP contribution is 2.39. The van der Waals surface area contributed by atoms with Crippen LogP contribution in [-0.2, 0) is 0 Å². The molecule has 6 rings (SSSR count). The second-order valence-electron chi connectivity index (χ2n) is 8.17. The minimum Gasteiger partial charge on any atom is -0.436 e. The SMILES string of the molecule is O=C1C(=Cc2nc3sc(C4CCCCC4)cc3o2)C(=O)c2cc3ccccc3cc21. The summed E-state index contributed by atoms with van der Waals surface area (Å²) in [4.78, 5) is 32.5. The van der Waals surface area contributed by atoms with Crippen molar-refractivity contribution in [2.45, 2.75) is 38.0 Å². The fraction of sp³-hybridized carbons (Fsp3) is 0.240. The number of benzene rings is 2. The maximum atomic E-state index is 12.9. The number of nitrogens with zero attached hydrogens (tertiary/aromatic N) is 1. The molecule has 4 nitrogen and oxygen atoms in total. The zero-order chi connectivity index (χ0) is 20.2. The van der Waals surface area contributed by atoms with E-state index in [0.29, 0.717) is 22.9 Å². The average Bonchev–Trinajstić information content (AvgIpc) is 3.41. The van der Waals surface area contributed by atoms with Crippen LogP contribution in [0.25, 0.3) is 27.3 Å². The van der Waals surface area contributed by atoms with Gasteiger partial charge in [-0.25, -0.2) is 0 Å². The Labute approximate surface area is 177 Å². The van der Waals surface area contributed by atoms with E-state index in [0.717, 1.165) is 21.2 Å². The Bertz CT molecular complexity index is 1280. The van der Waals surface area contributed by atoms with Crippen LogP contribution in [0.3, 0.4) is 0 Å². The number of hydrogen-bond acceptors (Lipinski definition) is 5. The van der Waals surface area contributed by atoms with Crippen molar-refractivity contribution in [3.63, 3.8) is 0 Å². The highest BCUT2D eigenvalue weighted by atomic mass is 32.1. The van der Waals surface area contributed by atoms with E-state index in [-0.39, 0.29) is 17.1 Å². The van der Waals surface area contributed by atoms with Gasteiger partial charge in [-0.1, -0.05) is 43.5 Å². The van der Waals surface area contributed by atoms with Gasteiger partial charge in [0.05, 0.1) is 5.57 Å². The molecule has 2 aromatic heterocycles. The van der Waals surface area contributed by atoms with Gasteiger partial charge in [-0.15, -0.1) is 11.3 Å². The molecular weight excluding hydrogens is 394 g/mol. The van der Waals surface area contributed by atoms with Gasteiger partial charge in [-0.3, -0.25) is 9.59 Å². The molecular formula is C25H19NO3S. The van der Waals surface area contributed by atoms with Crippen molar-refractivity contribution >= 4 is 50.2 Å². The zero-order valence-electron chi connectivity index (χ0n) is 16.3. The quantitative estimate of drug-likeness (QED) is 0.276. The van der Waals surface area contributed by atoms with Crippen molar-refractivity contribution in [3.05, 3.63) is 69.9 Å². The van der Waals surface area contributed by atoms with Crippen LogP contribution in [0.1, 0.15) is 69.5 Å². The third-order valence-corrected chi connectivity index (χ3v) is 7.44. The summed E-state index contributed by atoms with van der Waals surface area (Å²) in [5.41, 5.74) is 1.78. The topological polar surface area (TPSA) is 60.2 Å². The summed E-state index contributed by atoms with van der Waals surface area (Å²) >= 11 is 1.67. The van der Waals surface area contributed by atoms with Crippen molar-refractivity contribution in [2.24, 2.45) is 0 Å². The summed E-state index contributed by atoms with van der Waals surface area (Å²) in [6.45, 7) is 0. The molecule has 2 aliphatic carbocycles. The number of Topliss-reactive ketones (excluding diaryl/α,β-unsaturated/α-hetero) is 2. The fourth-order valence-electron chi connectivity index (χ4n) is 4.68. The van der Waals surface area contributed by atoms with Crippen LogP contribution in [0.5, 0.6) is 0 Å². The Morgan fingerprint density at radius 1 is 0.933 bits per heavy atom. The lowest BCUT2D eigenvalue weighted by Crippen LogP contribution is -2.02. The van der Waals surface area contributed by atoms with Gasteiger partial charge in [0.2, 0.25) is 5.89 Å². The molecule has 4 aromatic rings.